The molecular formula is C15H19N3O3. The summed E-state index contributed by atoms with van der Waals surface area (Å²) in [5.41, 5.74) is 2.48. The molecule has 1 aromatic rings. The summed E-state index contributed by atoms with van der Waals surface area (Å²) in [5, 5.41) is 2.63. The van der Waals surface area contributed by atoms with Crippen molar-refractivity contribution in [3.05, 3.63) is 35.4 Å². The van der Waals surface area contributed by atoms with Crippen molar-refractivity contribution in [2.75, 3.05) is 26.7 Å². The highest BCUT2D eigenvalue weighted by Crippen LogP contribution is 2.21. The average Bonchev–Trinajstić information content (AvgIpc) is 2.92. The zero-order valence-electron chi connectivity index (χ0n) is 12.0. The molecule has 0 aromatic heterocycles. The fraction of sp³-hybridized carbons (Fsp3) is 0.467. The highest BCUT2D eigenvalue weighted by Gasteiger charge is 2.30. The summed E-state index contributed by atoms with van der Waals surface area (Å²) in [7, 11) is 1.71. The molecule has 2 aliphatic rings. The van der Waals surface area contributed by atoms with Crippen molar-refractivity contribution in [3.63, 3.8) is 0 Å². The van der Waals surface area contributed by atoms with Crippen LogP contribution in [0.15, 0.2) is 24.3 Å². The number of nitrogens with zero attached hydrogens (tertiary/aromatic N) is 2. The maximum Gasteiger partial charge on any atom is 0.328 e. The Balaban J connectivity index is 1.60. The van der Waals surface area contributed by atoms with Crippen LogP contribution < -0.4 is 5.32 Å². The van der Waals surface area contributed by atoms with E-state index in [9.17, 15) is 9.59 Å². The smallest absolute Gasteiger partial charge is 0.328 e. The Morgan fingerprint density at radius 1 is 1.43 bits per heavy atom. The van der Waals surface area contributed by atoms with E-state index in [1.807, 2.05) is 12.1 Å². The van der Waals surface area contributed by atoms with E-state index in [0.29, 0.717) is 26.2 Å². The standard InChI is InChI=1S/C15H19N3O3/c1-17(15(20)18-7-6-16-14(18)19)9-13-8-11-4-2-3-5-12(11)10-21-13/h2-5,13H,6-10H2,1H3,(H,16,19)/t13-/m0/s1. The van der Waals surface area contributed by atoms with Gasteiger partial charge in [-0.15, -0.1) is 0 Å². The lowest BCUT2D eigenvalue weighted by Gasteiger charge is -2.30. The van der Waals surface area contributed by atoms with E-state index in [0.717, 1.165) is 6.42 Å². The minimum atomic E-state index is -0.318. The molecule has 2 heterocycles. The summed E-state index contributed by atoms with van der Waals surface area (Å²) in [6.07, 6.45) is 0.763. The quantitative estimate of drug-likeness (QED) is 0.890. The Morgan fingerprint density at radius 2 is 2.19 bits per heavy atom. The van der Waals surface area contributed by atoms with Crippen molar-refractivity contribution in [1.82, 2.24) is 15.1 Å². The average molecular weight is 289 g/mol. The second kappa shape index (κ2) is 5.73. The second-order valence-electron chi connectivity index (χ2n) is 5.45. The van der Waals surface area contributed by atoms with E-state index >= 15 is 0 Å². The third-order valence-corrected chi connectivity index (χ3v) is 3.93. The molecule has 1 aromatic carbocycles. The second-order valence-corrected chi connectivity index (χ2v) is 5.45. The number of carbonyl (C=O) groups excluding carboxylic acids is 2. The Labute approximate surface area is 123 Å². The lowest BCUT2D eigenvalue weighted by atomic mass is 9.99. The molecule has 1 fully saturated rings. The van der Waals surface area contributed by atoms with Gasteiger partial charge >= 0.3 is 12.1 Å². The number of carbonyl (C=O) groups is 2. The summed E-state index contributed by atoms with van der Waals surface area (Å²) in [6.45, 7) is 2.01. The van der Waals surface area contributed by atoms with Gasteiger partial charge in [0.05, 0.1) is 12.7 Å². The van der Waals surface area contributed by atoms with E-state index in [-0.39, 0.29) is 18.2 Å². The van der Waals surface area contributed by atoms with E-state index < -0.39 is 0 Å². The molecule has 0 aliphatic carbocycles. The lowest BCUT2D eigenvalue weighted by Crippen LogP contribution is -2.46. The van der Waals surface area contributed by atoms with Gasteiger partial charge in [0.1, 0.15) is 0 Å². The molecule has 21 heavy (non-hydrogen) atoms. The number of urea groups is 2. The van der Waals surface area contributed by atoms with E-state index in [1.54, 1.807) is 11.9 Å². The van der Waals surface area contributed by atoms with Crippen LogP contribution in [0, 0.1) is 0 Å². The maximum atomic E-state index is 12.2. The number of amides is 4. The van der Waals surface area contributed by atoms with Crippen molar-refractivity contribution in [1.29, 1.82) is 0 Å². The van der Waals surface area contributed by atoms with Crippen molar-refractivity contribution >= 4 is 12.1 Å². The fourth-order valence-electron chi connectivity index (χ4n) is 2.77. The predicted octanol–water partition coefficient (Wildman–Crippen LogP) is 1.20. The first-order valence-electron chi connectivity index (χ1n) is 7.14. The van der Waals surface area contributed by atoms with Gasteiger partial charge in [0.15, 0.2) is 0 Å². The van der Waals surface area contributed by atoms with Gasteiger partial charge < -0.3 is 15.0 Å². The third kappa shape index (κ3) is 2.85. The van der Waals surface area contributed by atoms with E-state index in [1.165, 1.54) is 16.0 Å². The van der Waals surface area contributed by atoms with E-state index in [4.69, 9.17) is 4.74 Å². The zero-order valence-corrected chi connectivity index (χ0v) is 12.0. The molecule has 0 bridgehead atoms. The molecular weight excluding hydrogens is 270 g/mol. The maximum absolute atomic E-state index is 12.2. The molecule has 4 amide bonds. The van der Waals surface area contributed by atoms with Crippen LogP contribution in [-0.4, -0.2) is 54.6 Å². The number of hydrogen-bond donors (Lipinski definition) is 1. The van der Waals surface area contributed by atoms with Gasteiger partial charge in [0, 0.05) is 33.1 Å². The van der Waals surface area contributed by atoms with Crippen LogP contribution >= 0.6 is 0 Å². The fourth-order valence-corrected chi connectivity index (χ4v) is 2.77. The number of fused-ring (bicyclic) bond motifs is 1. The Morgan fingerprint density at radius 3 is 2.90 bits per heavy atom. The zero-order chi connectivity index (χ0) is 14.8. The molecule has 6 heteroatoms. The molecule has 6 nitrogen and oxygen atoms in total. The molecule has 1 saturated heterocycles. The summed E-state index contributed by atoms with van der Waals surface area (Å²) < 4.78 is 5.80. The number of likely N-dealkylation sites (N-methyl/N-ethyl adjacent to an activating group) is 1. The normalized spacial score (nSPS) is 20.9. The minimum absolute atomic E-state index is 0.0282. The molecule has 1 N–H and O–H groups in total. The van der Waals surface area contributed by atoms with Gasteiger partial charge in [-0.3, -0.25) is 0 Å². The highest BCUT2D eigenvalue weighted by molar-refractivity contribution is 5.94. The summed E-state index contributed by atoms with van der Waals surface area (Å²) >= 11 is 0. The van der Waals surface area contributed by atoms with Crippen molar-refractivity contribution in [2.24, 2.45) is 0 Å². The number of rotatable bonds is 2. The van der Waals surface area contributed by atoms with Gasteiger partial charge in [0.25, 0.3) is 0 Å². The van der Waals surface area contributed by atoms with Gasteiger partial charge in [-0.1, -0.05) is 24.3 Å². The highest BCUT2D eigenvalue weighted by atomic mass is 16.5. The molecule has 0 saturated carbocycles. The predicted molar refractivity (Wildman–Crippen MR) is 76.9 cm³/mol. The number of nitrogens with one attached hydrogen (secondary N) is 1. The Kier molecular flexibility index (Phi) is 3.79. The monoisotopic (exact) mass is 289 g/mol. The van der Waals surface area contributed by atoms with Crippen LogP contribution in [0.4, 0.5) is 9.59 Å². The SMILES string of the molecule is CN(C[C@@H]1Cc2ccccc2CO1)C(=O)N1CCNC1=O. The molecule has 2 aliphatic heterocycles. The number of ether oxygens (including phenoxy) is 1. The van der Waals surface area contributed by atoms with E-state index in [2.05, 4.69) is 17.4 Å². The number of benzene rings is 1. The van der Waals surface area contributed by atoms with Crippen molar-refractivity contribution < 1.29 is 14.3 Å². The number of imide groups is 1. The van der Waals surface area contributed by atoms with Gasteiger partial charge in [-0.05, 0) is 11.1 Å². The Hall–Kier alpha value is -2.08. The first kappa shape index (κ1) is 13.9. The molecule has 0 radical (unpaired) electrons. The van der Waals surface area contributed by atoms with Gasteiger partial charge in [0.2, 0.25) is 0 Å². The van der Waals surface area contributed by atoms with Crippen LogP contribution in [0.2, 0.25) is 0 Å². The van der Waals surface area contributed by atoms with Crippen molar-refractivity contribution in [3.8, 4) is 0 Å². The Bertz CT molecular complexity index is 561. The molecule has 1 atom stereocenters. The molecule has 112 valence electrons. The van der Waals surface area contributed by atoms with Crippen molar-refractivity contribution in [2.45, 2.75) is 19.1 Å². The number of hydrogen-bond acceptors (Lipinski definition) is 3. The van der Waals surface area contributed by atoms with Crippen LogP contribution in [-0.2, 0) is 17.8 Å². The van der Waals surface area contributed by atoms with Gasteiger partial charge in [-0.25, -0.2) is 14.5 Å². The van der Waals surface area contributed by atoms with Gasteiger partial charge in [-0.2, -0.15) is 0 Å². The third-order valence-electron chi connectivity index (χ3n) is 3.93. The van der Waals surface area contributed by atoms with Crippen LogP contribution in [0.3, 0.4) is 0 Å². The topological polar surface area (TPSA) is 61.9 Å². The first-order chi connectivity index (χ1) is 10.1. The summed E-state index contributed by atoms with van der Waals surface area (Å²) in [6, 6.07) is 7.60. The first-order valence-corrected chi connectivity index (χ1v) is 7.14. The van der Waals surface area contributed by atoms with Crippen LogP contribution in [0.5, 0.6) is 0 Å². The van der Waals surface area contributed by atoms with Crippen LogP contribution in [0.25, 0.3) is 0 Å². The summed E-state index contributed by atoms with van der Waals surface area (Å²) in [5.74, 6) is 0. The largest absolute Gasteiger partial charge is 0.371 e. The molecule has 0 spiro atoms. The molecule has 3 rings (SSSR count). The summed E-state index contributed by atoms with van der Waals surface area (Å²) in [4.78, 5) is 26.5. The molecule has 0 unspecified atom stereocenters. The van der Waals surface area contributed by atoms with Crippen LogP contribution in [0.1, 0.15) is 11.1 Å². The lowest BCUT2D eigenvalue weighted by molar-refractivity contribution is 0.0135. The minimum Gasteiger partial charge on any atom is -0.371 e.